The fraction of sp³-hybridized carbons (Fsp3) is 0.495. The van der Waals surface area contributed by atoms with E-state index in [1.54, 1.807) is 82.2 Å². The molecule has 17 nitrogen and oxygen atoms in total. The Morgan fingerprint density at radius 3 is 1.24 bits per heavy atom. The molecule has 4 heterocycles. The molecule has 14 aliphatic carbocycles. The Kier molecular flexibility index (Phi) is 30.0. The van der Waals surface area contributed by atoms with Gasteiger partial charge in [0.15, 0.2) is 22.8 Å². The molecule has 2 atom stereocenters. The van der Waals surface area contributed by atoms with Crippen LogP contribution in [0.5, 0.6) is 0 Å². The average molecular weight is 1960 g/mol. The Morgan fingerprint density at radius 2 is 0.801 bits per heavy atom. The molecule has 8 bridgehead atoms. The molecule has 10 fully saturated rings. The number of hydrazine groups is 1. The number of carbonyl (C=O) groups excluding carboxylic acids is 4. The van der Waals surface area contributed by atoms with Gasteiger partial charge in [0.2, 0.25) is 0 Å². The lowest BCUT2D eigenvalue weighted by atomic mass is 9.48. The Morgan fingerprint density at radius 1 is 0.412 bits per heavy atom. The number of hydrogen-bond donors (Lipinski definition) is 5. The van der Waals surface area contributed by atoms with Crippen LogP contribution >= 0.6 is 69.6 Å². The quantitative estimate of drug-likeness (QED) is 0.0519. The van der Waals surface area contributed by atoms with Crippen LogP contribution in [-0.2, 0) is 38.5 Å². The highest BCUT2D eigenvalue weighted by atomic mass is 35.5. The molecule has 716 valence electrons. The molecule has 136 heavy (non-hydrogen) atoms. The summed E-state index contributed by atoms with van der Waals surface area (Å²) < 4.78 is 35.2. The summed E-state index contributed by atoms with van der Waals surface area (Å²) in [5.74, 6) is 4.59. The third-order valence-corrected chi connectivity index (χ3v) is 33.8. The summed E-state index contributed by atoms with van der Waals surface area (Å²) in [4.78, 5) is 54.1. The van der Waals surface area contributed by atoms with Crippen LogP contribution in [0.2, 0.25) is 30.1 Å². The van der Waals surface area contributed by atoms with Crippen molar-refractivity contribution < 1.29 is 28.0 Å². The summed E-state index contributed by atoms with van der Waals surface area (Å²) >= 11 is 37.9. The summed E-state index contributed by atoms with van der Waals surface area (Å²) in [5.41, 5.74) is 23.7. The Balaban J connectivity index is 0.000000117. The highest BCUT2D eigenvalue weighted by molar-refractivity contribution is 6.37. The maximum Gasteiger partial charge on any atom is 0.290 e. The van der Waals surface area contributed by atoms with Gasteiger partial charge in [-0.3, -0.25) is 39.4 Å². The largest absolute Gasteiger partial charge is 0.350 e. The minimum Gasteiger partial charge on any atom is -0.350 e. The molecule has 14 aliphatic rings. The monoisotopic (exact) mass is 1950 g/mol. The summed E-state index contributed by atoms with van der Waals surface area (Å²) in [5, 5.41) is 32.4. The van der Waals surface area contributed by atoms with Crippen molar-refractivity contribution >= 4 is 122 Å². The molecule has 0 spiro atoms. The standard InChI is InChI=1S/C31H28Cl2FN3O.C29H23Cl4FN4O.C26H39N3O.C25H37N3O/c1-20(22-8-4-2-5-9-22)35-31(38)29-26-11-7-3-6-10-23(18-21-12-15-25(34)16-13-21)30(26)37(36-29)28-17-14-24(32)19-27(28)33;30-19-8-12-25(23(32)15-19)35-36-29(39)27-22-5-3-1-2-4-18(14-17-6-10-21(34)11-7-17)28(22)38(37-27)26-13-9-20(31)16-24(26)33;1-17(26-14-18-11-19(15-26)13-20(12-18)16-26)27-25(30)24-22-9-4-2-3-5-10-23(22)29(28-24)21-7-6-8-21;29-24(26-16-25-13-17-10-18(14-25)12-19(11-17)15-25)23-21-8-3-1-2-4-9-22(21)28(27-23)20-6-5-7-20/h2,4-5,8-9,12-20H,3,6-7,10-11H2,1H3,(H,35,38);6-16,35H,1-5H2,(H,36,39);17-21H,2-16H2,1H3,(H,27,30);17-20H,1-16H2,(H,26,29)/b23-18+;18-14+;;/t20-;;;/m1.../s1. The van der Waals surface area contributed by atoms with Crippen molar-refractivity contribution in [3.05, 3.63) is 260 Å². The molecule has 6 aromatic carbocycles. The lowest BCUT2D eigenvalue weighted by Gasteiger charge is -2.59. The van der Waals surface area contributed by atoms with E-state index >= 15 is 0 Å². The van der Waals surface area contributed by atoms with Gasteiger partial charge in [-0.2, -0.15) is 20.4 Å². The SMILES string of the molecule is CC(NC(=O)c1nn(C2CCC2)c2c1CCCCCC2)C12CC3CC(CC(C3)C1)C2.C[C@@H](NC(=O)c1nn(-c2ccc(Cl)cc2Cl)c2c1CCCCC/C2=C\c1ccc(F)cc1)c1ccccc1.O=C(NCC12CC3CC(CC(C3)C1)C2)c1nn(C2CCC2)c2c1CCCCCC2.O=C(NNc1ccc(Cl)cc1Cl)c1nn(-c2ccc(Cl)cc2Cl)c2c1CCCCC/C2=C\c1ccc(F)cc1. The van der Waals surface area contributed by atoms with Crippen molar-refractivity contribution in [1.29, 1.82) is 0 Å². The first-order chi connectivity index (χ1) is 66.0. The van der Waals surface area contributed by atoms with Gasteiger partial charge < -0.3 is 16.0 Å². The number of anilines is 1. The van der Waals surface area contributed by atoms with Crippen molar-refractivity contribution in [1.82, 2.24) is 60.5 Å². The number of amides is 4. The topological polar surface area (TPSA) is 200 Å². The minimum atomic E-state index is -0.428. The van der Waals surface area contributed by atoms with Crippen LogP contribution < -0.4 is 26.8 Å². The van der Waals surface area contributed by atoms with Gasteiger partial charge in [-0.05, 0) is 397 Å². The van der Waals surface area contributed by atoms with E-state index in [2.05, 4.69) is 49.2 Å². The lowest BCUT2D eigenvalue weighted by Crippen LogP contribution is -2.55. The van der Waals surface area contributed by atoms with Crippen LogP contribution in [-0.4, -0.2) is 75.3 Å². The first-order valence-electron chi connectivity index (χ1n) is 50.8. The van der Waals surface area contributed by atoms with Crippen molar-refractivity contribution in [2.45, 2.75) is 295 Å². The lowest BCUT2D eigenvalue weighted by molar-refractivity contribution is -0.0688. The van der Waals surface area contributed by atoms with E-state index < -0.39 is 5.91 Å². The van der Waals surface area contributed by atoms with Crippen LogP contribution in [0.25, 0.3) is 34.7 Å². The van der Waals surface area contributed by atoms with Crippen molar-refractivity contribution in [3.8, 4) is 11.4 Å². The fourth-order valence-corrected chi connectivity index (χ4v) is 27.2. The molecule has 4 amide bonds. The van der Waals surface area contributed by atoms with Gasteiger partial charge in [-0.1, -0.05) is 163 Å². The number of hydrogen-bond acceptors (Lipinski definition) is 9. The maximum atomic E-state index is 13.7. The van der Waals surface area contributed by atoms with Crippen molar-refractivity contribution in [3.63, 3.8) is 0 Å². The van der Waals surface area contributed by atoms with E-state index in [0.717, 1.165) is 181 Å². The van der Waals surface area contributed by atoms with Gasteiger partial charge >= 0.3 is 0 Å². The normalized spacial score (nSPS) is 24.2. The average Bonchev–Trinajstić information content (AvgIpc) is 1.10. The number of allylic oxidation sites excluding steroid dienone is 2. The number of fused-ring (bicyclic) bond motifs is 4. The van der Waals surface area contributed by atoms with Crippen molar-refractivity contribution in [2.24, 2.45) is 46.3 Å². The molecular weight excluding hydrogens is 1830 g/mol. The Hall–Kier alpha value is -9.08. The second-order valence-corrected chi connectivity index (χ2v) is 44.3. The molecule has 25 heteroatoms. The number of benzene rings is 6. The fourth-order valence-electron chi connectivity index (χ4n) is 25.7. The molecular formula is C111H127Cl6F2N13O4. The molecule has 1 unspecified atom stereocenters. The third kappa shape index (κ3) is 21.5. The molecule has 0 radical (unpaired) electrons. The molecule has 10 saturated carbocycles. The molecule has 4 aromatic heterocycles. The number of halogens is 8. The number of carbonyl (C=O) groups is 4. The van der Waals surface area contributed by atoms with Crippen LogP contribution in [0.4, 0.5) is 14.5 Å². The predicted octanol–water partition coefficient (Wildman–Crippen LogP) is 28.3. The number of aromatic nitrogens is 8. The van der Waals surface area contributed by atoms with Crippen LogP contribution in [0.3, 0.4) is 0 Å². The van der Waals surface area contributed by atoms with Crippen molar-refractivity contribution in [2.75, 3.05) is 12.0 Å². The van der Waals surface area contributed by atoms with Crippen LogP contribution in [0, 0.1) is 58.0 Å². The third-order valence-electron chi connectivity index (χ3n) is 32.2. The first kappa shape index (κ1) is 95.8. The molecule has 24 rings (SSSR count). The summed E-state index contributed by atoms with van der Waals surface area (Å²) in [6, 6.07) is 39.1. The smallest absolute Gasteiger partial charge is 0.290 e. The minimum absolute atomic E-state index is 0.119. The number of nitrogens with zero attached hydrogens (tertiary/aromatic N) is 8. The second-order valence-electron chi connectivity index (χ2n) is 41.7. The van der Waals surface area contributed by atoms with E-state index in [9.17, 15) is 28.0 Å². The summed E-state index contributed by atoms with van der Waals surface area (Å²) in [7, 11) is 0. The molecule has 0 aliphatic heterocycles. The van der Waals surface area contributed by atoms with Gasteiger partial charge in [-0.25, -0.2) is 18.1 Å². The zero-order chi connectivity index (χ0) is 93.9. The number of nitrogens with one attached hydrogen (secondary N) is 5. The zero-order valence-corrected chi connectivity index (χ0v) is 82.9. The van der Waals surface area contributed by atoms with Crippen LogP contribution in [0.15, 0.2) is 133 Å². The predicted molar refractivity (Wildman–Crippen MR) is 542 cm³/mol. The number of rotatable bonds is 18. The summed E-state index contributed by atoms with van der Waals surface area (Å²) in [6.07, 6.45) is 51.7. The van der Waals surface area contributed by atoms with E-state index in [1.165, 1.54) is 214 Å². The van der Waals surface area contributed by atoms with Gasteiger partial charge in [-0.15, -0.1) is 0 Å². The second kappa shape index (κ2) is 42.5. The van der Waals surface area contributed by atoms with E-state index in [4.69, 9.17) is 90.0 Å². The van der Waals surface area contributed by atoms with Gasteiger partial charge in [0.05, 0.1) is 61.6 Å². The Labute approximate surface area is 828 Å². The molecule has 0 saturated heterocycles. The first-order valence-corrected chi connectivity index (χ1v) is 53.0. The van der Waals surface area contributed by atoms with Crippen LogP contribution in [0.1, 0.15) is 354 Å². The zero-order valence-electron chi connectivity index (χ0n) is 78.4. The van der Waals surface area contributed by atoms with E-state index in [1.807, 2.05) is 49.4 Å². The van der Waals surface area contributed by atoms with E-state index in [0.29, 0.717) is 88.6 Å². The molecule has 5 N–H and O–H groups in total. The highest BCUT2D eigenvalue weighted by Crippen LogP contribution is 2.62. The van der Waals surface area contributed by atoms with Gasteiger partial charge in [0, 0.05) is 61.3 Å². The highest BCUT2D eigenvalue weighted by Gasteiger charge is 2.55. The van der Waals surface area contributed by atoms with Gasteiger partial charge in [0.25, 0.3) is 23.6 Å². The summed E-state index contributed by atoms with van der Waals surface area (Å²) in [6.45, 7) is 5.15. The van der Waals surface area contributed by atoms with Gasteiger partial charge in [0.1, 0.15) is 11.6 Å². The maximum absolute atomic E-state index is 13.7. The van der Waals surface area contributed by atoms with E-state index in [-0.39, 0.29) is 47.1 Å². The molecule has 10 aromatic rings. The Bertz CT molecular complexity index is 6020.